The minimum Gasteiger partial charge on any atom is -0.362 e. The maximum absolute atomic E-state index is 13.1. The Bertz CT molecular complexity index is 737. The van der Waals surface area contributed by atoms with Gasteiger partial charge >= 0.3 is 0 Å². The van der Waals surface area contributed by atoms with Gasteiger partial charge in [0.2, 0.25) is 0 Å². The lowest BCUT2D eigenvalue weighted by Crippen LogP contribution is -2.17. The molecule has 0 saturated carbocycles. The number of hydrogen-bond donors (Lipinski definition) is 1. The Labute approximate surface area is 126 Å². The van der Waals surface area contributed by atoms with E-state index in [1.807, 2.05) is 23.6 Å². The molecule has 0 radical (unpaired) electrons. The topological polar surface area (TPSA) is 37.8 Å². The lowest BCUT2D eigenvalue weighted by atomic mass is 9.96. The van der Waals surface area contributed by atoms with Crippen LogP contribution >= 0.6 is 11.3 Å². The second-order valence-corrected chi connectivity index (χ2v) is 6.17. The van der Waals surface area contributed by atoms with E-state index in [0.29, 0.717) is 5.92 Å². The number of fused-ring (bicyclic) bond motifs is 1. The molecular formula is C16H16FN3S. The fraction of sp³-hybridized carbons (Fsp3) is 0.250. The number of halogens is 1. The molecule has 1 atom stereocenters. The zero-order valence-electron chi connectivity index (χ0n) is 11.9. The Morgan fingerprint density at radius 3 is 2.57 bits per heavy atom. The Hall–Kier alpha value is -2.01. The van der Waals surface area contributed by atoms with E-state index in [-0.39, 0.29) is 11.9 Å². The highest BCUT2D eigenvalue weighted by Gasteiger charge is 2.17. The van der Waals surface area contributed by atoms with Crippen molar-refractivity contribution in [2.24, 2.45) is 5.92 Å². The number of hydrogen-bond acceptors (Lipinski definition) is 4. The van der Waals surface area contributed by atoms with Crippen LogP contribution in [-0.2, 0) is 0 Å². The van der Waals surface area contributed by atoms with Gasteiger partial charge in [0.15, 0.2) is 0 Å². The Balaban J connectivity index is 1.95. The normalized spacial score (nSPS) is 12.8. The van der Waals surface area contributed by atoms with Gasteiger partial charge in [-0.15, -0.1) is 11.3 Å². The van der Waals surface area contributed by atoms with Gasteiger partial charge in [-0.05, 0) is 35.1 Å². The largest absolute Gasteiger partial charge is 0.362 e. The van der Waals surface area contributed by atoms with E-state index in [2.05, 4.69) is 29.1 Å². The average molecular weight is 301 g/mol. The Morgan fingerprint density at radius 2 is 1.86 bits per heavy atom. The van der Waals surface area contributed by atoms with Crippen LogP contribution in [0.1, 0.15) is 25.5 Å². The first kappa shape index (κ1) is 13.9. The average Bonchev–Trinajstić information content (AvgIpc) is 2.95. The molecule has 1 N–H and O–H groups in total. The number of anilines is 1. The fourth-order valence-corrected chi connectivity index (χ4v) is 3.09. The molecule has 0 spiro atoms. The van der Waals surface area contributed by atoms with Gasteiger partial charge in [0.1, 0.15) is 22.8 Å². The molecule has 0 fully saturated rings. The number of aromatic nitrogens is 2. The molecule has 0 saturated heterocycles. The van der Waals surface area contributed by atoms with Crippen LogP contribution in [0.15, 0.2) is 42.0 Å². The molecule has 5 heteroatoms. The van der Waals surface area contributed by atoms with Crippen molar-refractivity contribution in [1.82, 2.24) is 9.97 Å². The SMILES string of the molecule is CC(C)C(Nc1ncnc2sccc12)c1ccc(F)cc1. The number of nitrogens with one attached hydrogen (secondary N) is 1. The first-order chi connectivity index (χ1) is 10.1. The lowest BCUT2D eigenvalue weighted by molar-refractivity contribution is 0.543. The highest BCUT2D eigenvalue weighted by molar-refractivity contribution is 7.16. The molecule has 3 rings (SSSR count). The van der Waals surface area contributed by atoms with Gasteiger partial charge in [0.25, 0.3) is 0 Å². The first-order valence-electron chi connectivity index (χ1n) is 6.85. The van der Waals surface area contributed by atoms with Crippen LogP contribution in [0.5, 0.6) is 0 Å². The summed E-state index contributed by atoms with van der Waals surface area (Å²) in [5.41, 5.74) is 1.05. The van der Waals surface area contributed by atoms with Crippen LogP contribution < -0.4 is 5.32 Å². The van der Waals surface area contributed by atoms with Crippen LogP contribution in [0.4, 0.5) is 10.2 Å². The second kappa shape index (κ2) is 5.77. The maximum atomic E-state index is 13.1. The van der Waals surface area contributed by atoms with Gasteiger partial charge in [-0.2, -0.15) is 0 Å². The van der Waals surface area contributed by atoms with Crippen LogP contribution in [0, 0.1) is 11.7 Å². The summed E-state index contributed by atoms with van der Waals surface area (Å²) in [5, 5.41) is 6.51. The van der Waals surface area contributed by atoms with Crippen molar-refractivity contribution >= 4 is 27.4 Å². The van der Waals surface area contributed by atoms with Crippen molar-refractivity contribution in [1.29, 1.82) is 0 Å². The van der Waals surface area contributed by atoms with Gasteiger partial charge in [-0.3, -0.25) is 0 Å². The molecule has 0 amide bonds. The third kappa shape index (κ3) is 2.88. The monoisotopic (exact) mass is 301 g/mol. The lowest BCUT2D eigenvalue weighted by Gasteiger charge is -2.23. The van der Waals surface area contributed by atoms with Gasteiger partial charge < -0.3 is 5.32 Å². The summed E-state index contributed by atoms with van der Waals surface area (Å²) in [5.74, 6) is 0.951. The zero-order valence-corrected chi connectivity index (χ0v) is 12.7. The molecule has 1 unspecified atom stereocenters. The molecule has 21 heavy (non-hydrogen) atoms. The number of nitrogens with zero attached hydrogens (tertiary/aromatic N) is 2. The molecule has 0 aliphatic rings. The summed E-state index contributed by atoms with van der Waals surface area (Å²) in [6, 6.07) is 8.71. The van der Waals surface area contributed by atoms with Crippen molar-refractivity contribution in [2.45, 2.75) is 19.9 Å². The van der Waals surface area contributed by atoms with Crippen LogP contribution in [0.3, 0.4) is 0 Å². The maximum Gasteiger partial charge on any atom is 0.138 e. The molecule has 0 bridgehead atoms. The van der Waals surface area contributed by atoms with E-state index in [1.165, 1.54) is 12.1 Å². The molecule has 1 aromatic carbocycles. The van der Waals surface area contributed by atoms with Gasteiger partial charge in [0, 0.05) is 0 Å². The zero-order chi connectivity index (χ0) is 14.8. The highest BCUT2D eigenvalue weighted by Crippen LogP contribution is 2.30. The van der Waals surface area contributed by atoms with E-state index >= 15 is 0 Å². The van der Waals surface area contributed by atoms with Crippen molar-refractivity contribution in [2.75, 3.05) is 5.32 Å². The van der Waals surface area contributed by atoms with Crippen molar-refractivity contribution in [3.63, 3.8) is 0 Å². The van der Waals surface area contributed by atoms with Gasteiger partial charge in [-0.1, -0.05) is 26.0 Å². The van der Waals surface area contributed by atoms with E-state index in [1.54, 1.807) is 17.7 Å². The van der Waals surface area contributed by atoms with E-state index in [9.17, 15) is 4.39 Å². The predicted molar refractivity (Wildman–Crippen MR) is 85.0 cm³/mol. The van der Waals surface area contributed by atoms with Crippen molar-refractivity contribution in [3.05, 3.63) is 53.4 Å². The standard InChI is InChI=1S/C16H16FN3S/c1-10(2)14(11-3-5-12(17)6-4-11)20-15-13-7-8-21-16(13)19-9-18-15/h3-10,14H,1-2H3,(H,18,19,20). The molecule has 3 nitrogen and oxygen atoms in total. The van der Waals surface area contributed by atoms with Crippen LogP contribution in [-0.4, -0.2) is 9.97 Å². The first-order valence-corrected chi connectivity index (χ1v) is 7.73. The van der Waals surface area contributed by atoms with Gasteiger partial charge in [-0.25, -0.2) is 14.4 Å². The van der Waals surface area contributed by atoms with Crippen molar-refractivity contribution < 1.29 is 4.39 Å². The summed E-state index contributed by atoms with van der Waals surface area (Å²) >= 11 is 1.59. The molecule has 0 aliphatic carbocycles. The summed E-state index contributed by atoms with van der Waals surface area (Å²) < 4.78 is 13.1. The number of benzene rings is 1. The highest BCUT2D eigenvalue weighted by atomic mass is 32.1. The molecule has 2 aromatic heterocycles. The van der Waals surface area contributed by atoms with E-state index in [0.717, 1.165) is 21.6 Å². The summed E-state index contributed by atoms with van der Waals surface area (Å²) in [7, 11) is 0. The quantitative estimate of drug-likeness (QED) is 0.763. The Morgan fingerprint density at radius 1 is 1.10 bits per heavy atom. The number of rotatable bonds is 4. The third-order valence-corrected chi connectivity index (χ3v) is 4.27. The van der Waals surface area contributed by atoms with Crippen LogP contribution in [0.2, 0.25) is 0 Å². The second-order valence-electron chi connectivity index (χ2n) is 5.28. The fourth-order valence-electron chi connectivity index (χ4n) is 2.36. The Kier molecular flexibility index (Phi) is 3.84. The smallest absolute Gasteiger partial charge is 0.138 e. The molecule has 108 valence electrons. The minimum absolute atomic E-state index is 0.0728. The summed E-state index contributed by atoms with van der Waals surface area (Å²) in [4.78, 5) is 9.58. The minimum atomic E-state index is -0.219. The van der Waals surface area contributed by atoms with E-state index in [4.69, 9.17) is 0 Å². The molecule has 3 aromatic rings. The van der Waals surface area contributed by atoms with Crippen molar-refractivity contribution in [3.8, 4) is 0 Å². The predicted octanol–water partition coefficient (Wildman–Crippen LogP) is 4.64. The third-order valence-electron chi connectivity index (χ3n) is 3.45. The van der Waals surface area contributed by atoms with E-state index < -0.39 is 0 Å². The molecular weight excluding hydrogens is 285 g/mol. The molecule has 0 aliphatic heterocycles. The number of thiophene rings is 1. The molecule has 2 heterocycles. The van der Waals surface area contributed by atoms with Gasteiger partial charge in [0.05, 0.1) is 11.4 Å². The summed E-state index contributed by atoms with van der Waals surface area (Å²) in [6.07, 6.45) is 1.57. The van der Waals surface area contributed by atoms with Crippen LogP contribution in [0.25, 0.3) is 10.2 Å². The summed E-state index contributed by atoms with van der Waals surface area (Å²) in [6.45, 7) is 4.26.